The molecule has 7 heteroatoms. The van der Waals surface area contributed by atoms with Gasteiger partial charge in [-0.05, 0) is 6.92 Å². The molecule has 0 aromatic heterocycles. The van der Waals surface area contributed by atoms with Crippen LogP contribution in [0.1, 0.15) is 6.92 Å². The first-order valence-corrected chi connectivity index (χ1v) is 3.79. The van der Waals surface area contributed by atoms with E-state index in [0.717, 1.165) is 0 Å². The van der Waals surface area contributed by atoms with Crippen LogP contribution < -0.4 is 5.14 Å². The Hall–Kier alpha value is -0.920. The van der Waals surface area contributed by atoms with Crippen LogP contribution in [0.4, 0.5) is 0 Å². The molecule has 4 N–H and O–H groups in total. The van der Waals surface area contributed by atoms with Crippen LogP contribution in [0.2, 0.25) is 0 Å². The molecular formula is C4H9NO5S. The van der Waals surface area contributed by atoms with Gasteiger partial charge in [-0.15, -0.1) is 0 Å². The van der Waals surface area contributed by atoms with Gasteiger partial charge in [0.25, 0.3) is 0 Å². The van der Waals surface area contributed by atoms with E-state index in [1.165, 1.54) is 6.92 Å². The summed E-state index contributed by atoms with van der Waals surface area (Å²) in [5.74, 6) is -0.935. The molecule has 0 aromatic carbocycles. The first kappa shape index (κ1) is 12.7. The molecule has 66 valence electrons. The van der Waals surface area contributed by atoms with Crippen molar-refractivity contribution in [3.05, 3.63) is 12.2 Å². The summed E-state index contributed by atoms with van der Waals surface area (Å²) < 4.78 is 25.2. The van der Waals surface area contributed by atoms with Gasteiger partial charge in [0.1, 0.15) is 0 Å². The summed E-state index contributed by atoms with van der Waals surface area (Å²) >= 11 is 0. The van der Waals surface area contributed by atoms with Crippen LogP contribution in [-0.4, -0.2) is 24.0 Å². The topological polar surface area (TPSA) is 118 Å². The molecule has 0 heterocycles. The van der Waals surface area contributed by atoms with Gasteiger partial charge in [0.2, 0.25) is 0 Å². The molecule has 0 saturated heterocycles. The van der Waals surface area contributed by atoms with Crippen molar-refractivity contribution in [1.82, 2.24) is 0 Å². The fourth-order valence-electron chi connectivity index (χ4n) is 0. The monoisotopic (exact) mass is 183 g/mol. The molecule has 0 spiro atoms. The second kappa shape index (κ2) is 4.83. The van der Waals surface area contributed by atoms with Gasteiger partial charge >= 0.3 is 16.3 Å². The van der Waals surface area contributed by atoms with E-state index in [2.05, 4.69) is 11.7 Å². The maximum atomic E-state index is 9.60. The zero-order valence-corrected chi connectivity index (χ0v) is 6.63. The first-order valence-electron chi connectivity index (χ1n) is 2.28. The average Bonchev–Trinajstić information content (AvgIpc) is 1.59. The van der Waals surface area contributed by atoms with Gasteiger partial charge in [-0.25, -0.2) is 9.93 Å². The van der Waals surface area contributed by atoms with E-state index in [9.17, 15) is 4.79 Å². The number of carboxylic acid groups (broad SMARTS) is 1. The van der Waals surface area contributed by atoms with Crippen LogP contribution in [0, 0.1) is 0 Å². The Morgan fingerprint density at radius 1 is 1.55 bits per heavy atom. The predicted molar refractivity (Wildman–Crippen MR) is 38.2 cm³/mol. The molecule has 0 fully saturated rings. The summed E-state index contributed by atoms with van der Waals surface area (Å²) in [6.45, 7) is 4.60. The quantitative estimate of drug-likeness (QED) is 0.370. The highest BCUT2D eigenvalue weighted by molar-refractivity contribution is 7.83. The van der Waals surface area contributed by atoms with Gasteiger partial charge in [0, 0.05) is 5.57 Å². The van der Waals surface area contributed by atoms with E-state index in [-0.39, 0.29) is 5.57 Å². The first-order chi connectivity index (χ1) is 4.64. The van der Waals surface area contributed by atoms with E-state index in [1.807, 2.05) is 0 Å². The van der Waals surface area contributed by atoms with Crippen LogP contribution >= 0.6 is 0 Å². The summed E-state index contributed by atoms with van der Waals surface area (Å²) in [5.41, 5.74) is 0.176. The maximum absolute atomic E-state index is 9.60. The SMILES string of the molecule is C=C(C)C(=O)O.NS(=O)(=O)O. The van der Waals surface area contributed by atoms with Crippen molar-refractivity contribution in [3.63, 3.8) is 0 Å². The van der Waals surface area contributed by atoms with E-state index in [4.69, 9.17) is 18.1 Å². The predicted octanol–water partition coefficient (Wildman–Crippen LogP) is -0.605. The number of hydrogen-bond acceptors (Lipinski definition) is 3. The molecule has 0 radical (unpaired) electrons. The summed E-state index contributed by atoms with van der Waals surface area (Å²) in [5, 5.41) is 11.8. The minimum atomic E-state index is -4.17. The largest absolute Gasteiger partial charge is 0.478 e. The average molecular weight is 183 g/mol. The maximum Gasteiger partial charge on any atom is 0.330 e. The van der Waals surface area contributed by atoms with Crippen LogP contribution in [0.25, 0.3) is 0 Å². The second-order valence-electron chi connectivity index (χ2n) is 1.60. The zero-order chi connectivity index (χ0) is 9.65. The molecule has 0 aliphatic heterocycles. The molecule has 6 nitrogen and oxygen atoms in total. The molecule has 0 saturated carbocycles. The van der Waals surface area contributed by atoms with Gasteiger partial charge in [-0.2, -0.15) is 8.42 Å². The van der Waals surface area contributed by atoms with E-state index in [0.29, 0.717) is 0 Å². The zero-order valence-electron chi connectivity index (χ0n) is 5.81. The fourth-order valence-corrected chi connectivity index (χ4v) is 0. The molecule has 0 amide bonds. The molecule has 0 bridgehead atoms. The van der Waals surface area contributed by atoms with E-state index < -0.39 is 16.3 Å². The third kappa shape index (κ3) is 48.0. The number of rotatable bonds is 1. The highest BCUT2D eigenvalue weighted by Gasteiger charge is 1.90. The van der Waals surface area contributed by atoms with Gasteiger partial charge < -0.3 is 5.11 Å². The van der Waals surface area contributed by atoms with E-state index in [1.54, 1.807) is 0 Å². The van der Waals surface area contributed by atoms with Crippen molar-refractivity contribution in [2.75, 3.05) is 0 Å². The van der Waals surface area contributed by atoms with Crippen LogP contribution in [-0.2, 0) is 15.1 Å². The summed E-state index contributed by atoms with van der Waals surface area (Å²) in [6, 6.07) is 0. The Balaban J connectivity index is 0. The van der Waals surface area contributed by atoms with E-state index >= 15 is 0 Å². The molecule has 0 unspecified atom stereocenters. The Morgan fingerprint density at radius 3 is 1.64 bits per heavy atom. The van der Waals surface area contributed by atoms with Crippen molar-refractivity contribution in [2.45, 2.75) is 6.92 Å². The minimum Gasteiger partial charge on any atom is -0.478 e. The van der Waals surface area contributed by atoms with Crippen molar-refractivity contribution in [2.24, 2.45) is 5.14 Å². The Kier molecular flexibility index (Phi) is 5.59. The lowest BCUT2D eigenvalue weighted by molar-refractivity contribution is -0.132. The number of nitrogens with two attached hydrogens (primary N) is 1. The Labute approximate surface area is 64.2 Å². The van der Waals surface area contributed by atoms with Crippen LogP contribution in [0.3, 0.4) is 0 Å². The Morgan fingerprint density at radius 2 is 1.64 bits per heavy atom. The fraction of sp³-hybridized carbons (Fsp3) is 0.250. The molecule has 11 heavy (non-hydrogen) atoms. The smallest absolute Gasteiger partial charge is 0.330 e. The molecule has 0 aliphatic carbocycles. The van der Waals surface area contributed by atoms with Gasteiger partial charge in [-0.1, -0.05) is 6.58 Å². The summed E-state index contributed by atoms with van der Waals surface area (Å²) in [6.07, 6.45) is 0. The highest BCUT2D eigenvalue weighted by Crippen LogP contribution is 1.81. The van der Waals surface area contributed by atoms with Crippen molar-refractivity contribution in [3.8, 4) is 0 Å². The van der Waals surface area contributed by atoms with Crippen LogP contribution in [0.5, 0.6) is 0 Å². The van der Waals surface area contributed by atoms with Crippen LogP contribution in [0.15, 0.2) is 12.2 Å². The minimum absolute atomic E-state index is 0.176. The van der Waals surface area contributed by atoms with Gasteiger partial charge in [0.15, 0.2) is 0 Å². The Bertz CT molecular complexity index is 221. The third-order valence-electron chi connectivity index (χ3n) is 0.365. The van der Waals surface area contributed by atoms with Gasteiger partial charge in [0.05, 0.1) is 0 Å². The molecule has 0 aromatic rings. The highest BCUT2D eigenvalue weighted by atomic mass is 32.2. The lowest BCUT2D eigenvalue weighted by Gasteiger charge is -1.79. The number of carbonyl (C=O) groups is 1. The molecular weight excluding hydrogens is 174 g/mol. The number of carboxylic acids is 1. The molecule has 0 aliphatic rings. The number of hydrogen-bond donors (Lipinski definition) is 3. The summed E-state index contributed by atoms with van der Waals surface area (Å²) in [7, 11) is -4.17. The molecule has 0 rings (SSSR count). The second-order valence-corrected chi connectivity index (χ2v) is 2.63. The van der Waals surface area contributed by atoms with Crippen molar-refractivity contribution in [1.29, 1.82) is 0 Å². The molecule has 0 atom stereocenters. The third-order valence-corrected chi connectivity index (χ3v) is 0.365. The standard InChI is InChI=1S/C4H6O2.H3NO3S/c1-3(2)4(5)6;1-5(2,3)4/h1H2,2H3,(H,5,6);(H3,1,2,3,4). The van der Waals surface area contributed by atoms with Gasteiger partial charge in [-0.3, -0.25) is 4.55 Å². The summed E-state index contributed by atoms with van der Waals surface area (Å²) in [4.78, 5) is 9.60. The van der Waals surface area contributed by atoms with Crippen molar-refractivity contribution < 1.29 is 22.9 Å². The normalized spacial score (nSPS) is 9.36. The van der Waals surface area contributed by atoms with Crippen molar-refractivity contribution >= 4 is 16.3 Å². The lowest BCUT2D eigenvalue weighted by atomic mass is 10.4. The number of aliphatic carboxylic acids is 1. The lowest BCUT2D eigenvalue weighted by Crippen LogP contribution is -2.08.